The maximum Gasteiger partial charge on any atom is 0.243 e. The van der Waals surface area contributed by atoms with E-state index in [1.807, 2.05) is 32.9 Å². The number of rotatable bonds is 5. The summed E-state index contributed by atoms with van der Waals surface area (Å²) in [7, 11) is -2.00. The molecule has 0 bridgehead atoms. The molecule has 3 aromatic rings. The Balaban J connectivity index is 1.50. The fourth-order valence-corrected chi connectivity index (χ4v) is 6.56. The fraction of sp³-hybridized carbons (Fsp3) is 0.407. The van der Waals surface area contributed by atoms with Gasteiger partial charge in [-0.15, -0.1) is 10.2 Å². The van der Waals surface area contributed by atoms with Gasteiger partial charge in [-0.1, -0.05) is 6.07 Å². The summed E-state index contributed by atoms with van der Waals surface area (Å²) in [5.74, 6) is 1.50. The Hall–Kier alpha value is -2.97. The number of aromatic nitrogens is 2. The van der Waals surface area contributed by atoms with Gasteiger partial charge in [0.25, 0.3) is 0 Å². The molecule has 35 heavy (non-hydrogen) atoms. The zero-order chi connectivity index (χ0) is 25.5. The van der Waals surface area contributed by atoms with Crippen LogP contribution in [0, 0.1) is 41.5 Å². The number of piperazine rings is 1. The number of anilines is 1. The van der Waals surface area contributed by atoms with Crippen LogP contribution in [-0.4, -0.2) is 56.2 Å². The number of aryl methyl sites for hydroxylation is 4. The van der Waals surface area contributed by atoms with Gasteiger partial charge in [-0.05, 0) is 99.2 Å². The summed E-state index contributed by atoms with van der Waals surface area (Å²) in [6, 6.07) is 10.0. The smallest absolute Gasteiger partial charge is 0.243 e. The predicted octanol–water partition coefficient (Wildman–Crippen LogP) is 4.51. The molecular weight excluding hydrogens is 460 g/mol. The Labute approximate surface area is 208 Å². The van der Waals surface area contributed by atoms with E-state index >= 15 is 0 Å². The van der Waals surface area contributed by atoms with Gasteiger partial charge >= 0.3 is 0 Å². The maximum atomic E-state index is 13.5. The molecule has 0 unspecified atom stereocenters. The van der Waals surface area contributed by atoms with Crippen molar-refractivity contribution < 1.29 is 13.2 Å². The van der Waals surface area contributed by atoms with Crippen molar-refractivity contribution in [2.75, 3.05) is 38.2 Å². The first-order valence-electron chi connectivity index (χ1n) is 11.9. The highest BCUT2D eigenvalue weighted by molar-refractivity contribution is 7.89. The van der Waals surface area contributed by atoms with Crippen molar-refractivity contribution >= 4 is 15.8 Å². The van der Waals surface area contributed by atoms with Crippen molar-refractivity contribution in [2.45, 2.75) is 46.4 Å². The van der Waals surface area contributed by atoms with Gasteiger partial charge in [0.1, 0.15) is 5.75 Å². The van der Waals surface area contributed by atoms with Gasteiger partial charge in [0.2, 0.25) is 10.0 Å². The van der Waals surface area contributed by atoms with Crippen LogP contribution in [0.25, 0.3) is 11.3 Å². The molecule has 2 aromatic carbocycles. The van der Waals surface area contributed by atoms with E-state index in [9.17, 15) is 8.42 Å². The van der Waals surface area contributed by atoms with E-state index in [0.29, 0.717) is 31.1 Å². The van der Waals surface area contributed by atoms with Crippen LogP contribution >= 0.6 is 0 Å². The van der Waals surface area contributed by atoms with Gasteiger partial charge in [-0.25, -0.2) is 8.42 Å². The highest BCUT2D eigenvalue weighted by Gasteiger charge is 2.31. The van der Waals surface area contributed by atoms with Crippen molar-refractivity contribution in [3.05, 3.63) is 63.7 Å². The van der Waals surface area contributed by atoms with E-state index in [4.69, 9.17) is 4.74 Å². The lowest BCUT2D eigenvalue weighted by Gasteiger charge is -2.35. The van der Waals surface area contributed by atoms with E-state index in [1.165, 1.54) is 16.7 Å². The molecule has 0 aliphatic carbocycles. The predicted molar refractivity (Wildman–Crippen MR) is 140 cm³/mol. The molecule has 2 heterocycles. The first kappa shape index (κ1) is 25.1. The molecule has 0 radical (unpaired) electrons. The van der Waals surface area contributed by atoms with Gasteiger partial charge in [0.05, 0.1) is 17.7 Å². The van der Waals surface area contributed by atoms with Gasteiger partial charge in [0, 0.05) is 31.7 Å². The zero-order valence-electron chi connectivity index (χ0n) is 21.6. The minimum atomic E-state index is -3.61. The SMILES string of the molecule is COc1c(C)cc(S(=O)(=O)N2CCN(c3ccc(-c4cc(C)c(C)cc4C)nn3)CC2)c(C)c1C. The van der Waals surface area contributed by atoms with Gasteiger partial charge < -0.3 is 9.64 Å². The normalized spacial score (nSPS) is 14.9. The van der Waals surface area contributed by atoms with Crippen LogP contribution in [0.4, 0.5) is 5.82 Å². The molecule has 0 amide bonds. The third-order valence-corrected chi connectivity index (χ3v) is 9.15. The van der Waals surface area contributed by atoms with Crippen molar-refractivity contribution in [1.82, 2.24) is 14.5 Å². The summed E-state index contributed by atoms with van der Waals surface area (Å²) < 4.78 is 34.0. The fourth-order valence-electron chi connectivity index (χ4n) is 4.77. The summed E-state index contributed by atoms with van der Waals surface area (Å²) in [5, 5.41) is 8.95. The van der Waals surface area contributed by atoms with Crippen LogP contribution in [-0.2, 0) is 10.0 Å². The summed E-state index contributed by atoms with van der Waals surface area (Å²) in [6.07, 6.45) is 0. The van der Waals surface area contributed by atoms with Crippen molar-refractivity contribution in [3.8, 4) is 17.0 Å². The third-order valence-electron chi connectivity index (χ3n) is 7.13. The summed E-state index contributed by atoms with van der Waals surface area (Å²) in [5.41, 5.74) is 8.01. The average molecular weight is 495 g/mol. The number of hydrogen-bond donors (Lipinski definition) is 0. The lowest BCUT2D eigenvalue weighted by Crippen LogP contribution is -2.49. The number of benzene rings is 2. The molecule has 0 saturated carbocycles. The largest absolute Gasteiger partial charge is 0.496 e. The highest BCUT2D eigenvalue weighted by Crippen LogP contribution is 2.33. The molecule has 186 valence electrons. The van der Waals surface area contributed by atoms with Crippen LogP contribution in [0.2, 0.25) is 0 Å². The Morgan fingerprint density at radius 1 is 0.771 bits per heavy atom. The van der Waals surface area contributed by atoms with Crippen LogP contribution in [0.1, 0.15) is 33.4 Å². The summed E-state index contributed by atoms with van der Waals surface area (Å²) >= 11 is 0. The topological polar surface area (TPSA) is 75.6 Å². The minimum absolute atomic E-state index is 0.356. The molecule has 1 aromatic heterocycles. The molecule has 1 aliphatic rings. The number of nitrogens with zero attached hydrogens (tertiary/aromatic N) is 4. The molecule has 8 heteroatoms. The van der Waals surface area contributed by atoms with E-state index in [0.717, 1.165) is 39.5 Å². The number of hydrogen-bond acceptors (Lipinski definition) is 6. The second kappa shape index (κ2) is 9.59. The first-order valence-corrected chi connectivity index (χ1v) is 13.3. The highest BCUT2D eigenvalue weighted by atomic mass is 32.2. The van der Waals surface area contributed by atoms with Crippen molar-refractivity contribution in [3.63, 3.8) is 0 Å². The van der Waals surface area contributed by atoms with Gasteiger partial charge in [-0.3, -0.25) is 0 Å². The number of ether oxygens (including phenoxy) is 1. The molecule has 1 aliphatic heterocycles. The maximum absolute atomic E-state index is 13.5. The first-order chi connectivity index (χ1) is 16.5. The Morgan fingerprint density at radius 3 is 2.03 bits per heavy atom. The Morgan fingerprint density at radius 2 is 1.43 bits per heavy atom. The second-order valence-electron chi connectivity index (χ2n) is 9.39. The van der Waals surface area contributed by atoms with E-state index in [1.54, 1.807) is 17.5 Å². The molecule has 1 saturated heterocycles. The quantitative estimate of drug-likeness (QED) is 0.519. The third kappa shape index (κ3) is 4.65. The van der Waals surface area contributed by atoms with Crippen LogP contribution in [0.5, 0.6) is 5.75 Å². The molecule has 4 rings (SSSR count). The molecule has 0 atom stereocenters. The summed E-state index contributed by atoms with van der Waals surface area (Å²) in [4.78, 5) is 2.45. The number of sulfonamides is 1. The monoisotopic (exact) mass is 494 g/mol. The van der Waals surface area contributed by atoms with E-state index in [2.05, 4.69) is 48.0 Å². The molecule has 0 spiro atoms. The zero-order valence-corrected chi connectivity index (χ0v) is 22.5. The van der Waals surface area contributed by atoms with Gasteiger partial charge in [0.15, 0.2) is 5.82 Å². The number of methoxy groups -OCH3 is 1. The van der Waals surface area contributed by atoms with Crippen LogP contribution in [0.3, 0.4) is 0 Å². The van der Waals surface area contributed by atoms with Crippen molar-refractivity contribution in [1.29, 1.82) is 0 Å². The average Bonchev–Trinajstić information content (AvgIpc) is 2.84. The summed E-state index contributed by atoms with van der Waals surface area (Å²) in [6.45, 7) is 13.8. The van der Waals surface area contributed by atoms with Gasteiger partial charge in [-0.2, -0.15) is 4.31 Å². The lowest BCUT2D eigenvalue weighted by molar-refractivity contribution is 0.382. The molecular formula is C27H34N4O3S. The van der Waals surface area contributed by atoms with E-state index < -0.39 is 10.0 Å². The lowest BCUT2D eigenvalue weighted by atomic mass is 9.99. The Kier molecular flexibility index (Phi) is 6.88. The second-order valence-corrected chi connectivity index (χ2v) is 11.3. The molecule has 0 N–H and O–H groups in total. The molecule has 7 nitrogen and oxygen atoms in total. The van der Waals surface area contributed by atoms with Crippen molar-refractivity contribution in [2.24, 2.45) is 0 Å². The standard InChI is InChI=1S/C27H34N4O3S/c1-17-14-19(3)23(15-18(17)2)24-8-9-26(29-28-24)30-10-12-31(13-11-30)35(32,33)25-16-20(4)27(34-7)22(6)21(25)5/h8-9,14-16H,10-13H2,1-7H3. The Bertz CT molecular complexity index is 1360. The van der Waals surface area contributed by atoms with Crippen LogP contribution < -0.4 is 9.64 Å². The molecule has 1 fully saturated rings. The minimum Gasteiger partial charge on any atom is -0.496 e. The van der Waals surface area contributed by atoms with E-state index in [-0.39, 0.29) is 0 Å². The van der Waals surface area contributed by atoms with Crippen LogP contribution in [0.15, 0.2) is 35.2 Å².